The van der Waals surface area contributed by atoms with Crippen molar-refractivity contribution >= 4 is 124 Å². The van der Waals surface area contributed by atoms with Gasteiger partial charge in [0.05, 0.1) is 17.7 Å². The summed E-state index contributed by atoms with van der Waals surface area (Å²) in [5, 5.41) is 57.4. The topological polar surface area (TPSA) is 667 Å². The number of hydrogen-bond donors (Lipinski definition) is 21. The van der Waals surface area contributed by atoms with Crippen molar-refractivity contribution in [3.05, 3.63) is 161 Å². The van der Waals surface area contributed by atoms with Crippen molar-refractivity contribution in [3.8, 4) is 16.9 Å². The Kier molecular flexibility index (Phi) is 48.2. The van der Waals surface area contributed by atoms with Crippen LogP contribution in [0.4, 0.5) is 13.2 Å². The van der Waals surface area contributed by atoms with Gasteiger partial charge in [-0.3, -0.25) is 91.1 Å². The van der Waals surface area contributed by atoms with Crippen LogP contribution >= 0.6 is 11.8 Å². The molecular formula is C104H143F3N20O21S. The number of hydrogen-bond acceptors (Lipinski definition) is 23. The van der Waals surface area contributed by atoms with Crippen molar-refractivity contribution in [1.82, 2.24) is 79.3 Å². The Morgan fingerprint density at radius 3 is 1.38 bits per heavy atom. The Hall–Kier alpha value is -14.1. The number of carboxylic acids is 1. The molecule has 5 aromatic rings. The first-order chi connectivity index (χ1) is 70.8. The summed E-state index contributed by atoms with van der Waals surface area (Å²) in [6, 6.07) is 7.33. The minimum Gasteiger partial charge on any atom is -0.508 e. The number of phenolic OH excluding ortho intramolecular Hbond substituents is 1. The van der Waals surface area contributed by atoms with E-state index in [0.29, 0.717) is 73.0 Å². The van der Waals surface area contributed by atoms with Crippen molar-refractivity contribution < 1.29 is 114 Å². The van der Waals surface area contributed by atoms with Crippen LogP contribution in [0.5, 0.6) is 5.75 Å². The fourth-order valence-corrected chi connectivity index (χ4v) is 18.8. The third-order valence-electron chi connectivity index (χ3n) is 26.4. The second-order valence-corrected chi connectivity index (χ2v) is 40.1. The highest BCUT2D eigenvalue weighted by molar-refractivity contribution is 8.00. The van der Waals surface area contributed by atoms with E-state index in [1.165, 1.54) is 44.3 Å². The number of phenols is 1. The fraction of sp³-hybridized carbons (Fsp3) is 0.529. The lowest BCUT2D eigenvalue weighted by atomic mass is 9.84. The number of nitrogens with zero attached hydrogens (tertiary/aromatic N) is 1. The number of likely N-dealkylation sites (N-methyl/N-ethyl adjacent to an activating group) is 1. The molecule has 0 unspecified atom stereocenters. The summed E-state index contributed by atoms with van der Waals surface area (Å²) in [4.78, 5) is 279. The summed E-state index contributed by atoms with van der Waals surface area (Å²) in [5.74, 6) is -24.0. The average Bonchev–Trinajstić information content (AvgIpc) is 0.819. The molecule has 149 heavy (non-hydrogen) atoms. The second kappa shape index (κ2) is 59.8. The number of alkyl halides is 3. The number of amides is 18. The lowest BCUT2D eigenvalue weighted by Gasteiger charge is -2.32. The van der Waals surface area contributed by atoms with Crippen molar-refractivity contribution in [1.29, 1.82) is 0 Å². The van der Waals surface area contributed by atoms with Crippen LogP contribution in [0, 0.1) is 23.7 Å². The van der Waals surface area contributed by atoms with E-state index in [2.05, 4.69) is 74.4 Å². The molecule has 2 saturated carbocycles. The van der Waals surface area contributed by atoms with Gasteiger partial charge in [0.1, 0.15) is 96.4 Å². The van der Waals surface area contributed by atoms with Gasteiger partial charge in [-0.15, -0.1) is 11.8 Å². The number of aromatic hydroxyl groups is 1. The van der Waals surface area contributed by atoms with Crippen LogP contribution in [-0.2, 0) is 123 Å². The van der Waals surface area contributed by atoms with E-state index in [9.17, 15) is 76.1 Å². The van der Waals surface area contributed by atoms with Gasteiger partial charge in [0.2, 0.25) is 106 Å². The Labute approximate surface area is 867 Å². The first-order valence-corrected chi connectivity index (χ1v) is 51.6. The number of nitrogens with one attached hydrogen (secondary N) is 14. The predicted octanol–water partition coefficient (Wildman–Crippen LogP) is 1.95. The number of aliphatic carboxylic acids is 1. The van der Waals surface area contributed by atoms with Gasteiger partial charge < -0.3 is 118 Å². The highest BCUT2D eigenvalue weighted by Crippen LogP contribution is 2.33. The van der Waals surface area contributed by atoms with E-state index in [4.69, 9.17) is 28.7 Å². The van der Waals surface area contributed by atoms with Crippen molar-refractivity contribution in [2.24, 2.45) is 52.3 Å². The van der Waals surface area contributed by atoms with Crippen LogP contribution in [0.3, 0.4) is 0 Å². The number of carboxylic acid groups (broad SMARTS) is 1. The number of benzene rings is 5. The van der Waals surface area contributed by atoms with E-state index in [1.807, 2.05) is 30.3 Å². The molecule has 0 radical (unpaired) electrons. The molecular weight excluding hydrogens is 1950 g/mol. The summed E-state index contributed by atoms with van der Waals surface area (Å²) in [5.41, 5.74) is 30.2. The highest BCUT2D eigenvalue weighted by Gasteiger charge is 2.43. The van der Waals surface area contributed by atoms with E-state index >= 15 is 38.4 Å². The molecule has 812 valence electrons. The first kappa shape index (κ1) is 120. The molecule has 1 heterocycles. The highest BCUT2D eigenvalue weighted by atomic mass is 32.2. The molecule has 45 heteroatoms. The normalized spacial score (nSPS) is 23.8. The molecule has 3 fully saturated rings. The van der Waals surface area contributed by atoms with E-state index < -0.39 is 283 Å². The minimum absolute atomic E-state index is 0.00717. The molecule has 2 aliphatic carbocycles. The third-order valence-corrected chi connectivity index (χ3v) is 27.4. The molecule has 0 aromatic heterocycles. The molecule has 8 rings (SSSR count). The van der Waals surface area contributed by atoms with Gasteiger partial charge in [-0.1, -0.05) is 207 Å². The van der Waals surface area contributed by atoms with Gasteiger partial charge in [0.25, 0.3) is 0 Å². The summed E-state index contributed by atoms with van der Waals surface area (Å²) in [7, 11) is 1.18. The predicted molar refractivity (Wildman–Crippen MR) is 546 cm³/mol. The number of primary amides is 3. The summed E-state index contributed by atoms with van der Waals surface area (Å²) >= 11 is 0.703. The number of halogens is 3. The monoisotopic (exact) mass is 2100 g/mol. The van der Waals surface area contributed by atoms with Crippen LogP contribution in [-0.4, -0.2) is 250 Å². The maximum absolute atomic E-state index is 15.7. The second-order valence-electron chi connectivity index (χ2n) is 39.1. The number of rotatable bonds is 32. The molecule has 3 aliphatic rings. The van der Waals surface area contributed by atoms with Crippen molar-refractivity contribution in [2.75, 3.05) is 31.6 Å². The first-order valence-electron chi connectivity index (χ1n) is 50.5. The Bertz CT molecular complexity index is 5410. The zero-order chi connectivity index (χ0) is 109. The lowest BCUT2D eigenvalue weighted by Crippen LogP contribution is -2.61. The Morgan fingerprint density at radius 2 is 0.872 bits per heavy atom. The summed E-state index contributed by atoms with van der Waals surface area (Å²) in [6.45, 7) is 7.40. The van der Waals surface area contributed by atoms with Gasteiger partial charge in [0.15, 0.2) is 0 Å². The largest absolute Gasteiger partial charge is 0.508 e. The van der Waals surface area contributed by atoms with Gasteiger partial charge >= 0.3 is 12.1 Å². The molecule has 41 nitrogen and oxygen atoms in total. The molecule has 0 spiro atoms. The van der Waals surface area contributed by atoms with Crippen LogP contribution in [0.2, 0.25) is 0 Å². The molecule has 26 N–H and O–H groups in total. The molecule has 1 aliphatic heterocycles. The summed E-state index contributed by atoms with van der Waals surface area (Å²) in [6.07, 6.45) is -4.32. The molecule has 18 amide bonds. The smallest absolute Gasteiger partial charge is 0.416 e. The molecule has 0 bridgehead atoms. The fourth-order valence-electron chi connectivity index (χ4n) is 17.9. The van der Waals surface area contributed by atoms with Crippen LogP contribution in [0.1, 0.15) is 197 Å². The van der Waals surface area contributed by atoms with Gasteiger partial charge in [-0.05, 0) is 153 Å². The molecule has 5 aromatic carbocycles. The quantitative estimate of drug-likeness (QED) is 0.0292. The van der Waals surface area contributed by atoms with Gasteiger partial charge in [-0.25, -0.2) is 0 Å². The molecule has 15 atom stereocenters. The number of thioether (sulfide) groups is 1. The standard InChI is InChI=1S/C104H143F3N20O21S/c1-58(2)48-76-94(139)116-74(45-47-109)93(138)121-80(51-63-24-15-9-16-25-63)100(145)126-88(59(3)4)102(147)117-73(40-42-84(110)129)92(137)125-83(101(146)114-71(44-46-108)89(112)134)56-149-57-86(131)113-77(50-62-22-13-8-14-23-62)95(140)122-79(53-65-32-37-70(128)38-33-65)98(143)124-82(55-87(132)133)99(144)123-81(54-66-26-19-29-69(49-66)104(105,106)107)96(141)115-72(39-34-61-20-11-7-12-21-61)91(136)120-78(52-64-30-35-68(36-31-64)67-27-17-10-18-28-67)97(142)118-75(41-43-85(111)130)103(148)127(6)60(5)90(135)119-76/h7,10-12,17-21,26-33,35-38,49,58-60,62-63,71-83,88,128H,8-9,13-16,22-25,34,39-48,50-57,108-109H2,1-6H3,(H2,110,129)(H2,111,130)(H2,112,134)(H,113,131)(H,114,146)(H,115,141)(H,116,139)(H,117,147)(H,118,142)(H,119,135)(H,120,136)(H,121,138)(H,122,140)(H,123,144)(H,124,143)(H,125,137)(H,126,145)(H,132,133)/t60-,71-,72-,73-,74-,75-,76+,77-,78-,79-,80-,81-,82-,83-,88-/m0/s1. The number of carbonyl (C=O) groups excluding carboxylic acids is 18. The van der Waals surface area contributed by atoms with Gasteiger partial charge in [0, 0.05) is 44.9 Å². The average molecular weight is 2100 g/mol. The molecule has 1 saturated heterocycles. The lowest BCUT2D eigenvalue weighted by molar-refractivity contribution is -0.143. The van der Waals surface area contributed by atoms with Gasteiger partial charge in [-0.2, -0.15) is 13.2 Å². The van der Waals surface area contributed by atoms with Crippen LogP contribution in [0.15, 0.2) is 133 Å². The van der Waals surface area contributed by atoms with Crippen LogP contribution < -0.4 is 103 Å². The van der Waals surface area contributed by atoms with Crippen LogP contribution in [0.25, 0.3) is 11.1 Å². The maximum Gasteiger partial charge on any atom is 0.416 e. The maximum atomic E-state index is 15.7. The number of nitrogens with two attached hydrogens (primary N) is 5. The summed E-state index contributed by atoms with van der Waals surface area (Å²) < 4.78 is 44.1. The Morgan fingerprint density at radius 1 is 0.450 bits per heavy atom. The Balaban J connectivity index is 1.25. The van der Waals surface area contributed by atoms with E-state index in [1.54, 1.807) is 82.3 Å². The number of carbonyl (C=O) groups is 19. The van der Waals surface area contributed by atoms with Crippen molar-refractivity contribution in [2.45, 2.75) is 292 Å². The minimum atomic E-state index is -5.00. The van der Waals surface area contributed by atoms with E-state index in [0.717, 1.165) is 48.3 Å². The zero-order valence-corrected chi connectivity index (χ0v) is 85.5. The van der Waals surface area contributed by atoms with E-state index in [-0.39, 0.29) is 92.7 Å². The SMILES string of the molecule is CC(C)C[C@H]1NC(=O)[C@H](C)N(C)C(=O)[C@H](CCC(N)=O)NC(=O)[C@H](Cc2ccc(-c3ccccc3)cc2)NC(=O)[C@H](CCc2ccccc2)NC(=O)[C@H](Cc2cccc(C(F)(F)F)c2)NC(=O)[C@H](CC(=O)O)NC(=O)[C@H](Cc2ccc(O)cc2)NC(=O)[C@H](CC2CCCCC2)NC(=O)CSC[C@@H](C(=O)N[C@@H](CCN)C(N)=O)NC(=O)[C@H](CCC(N)=O)NC(=O)[C@H](C(C)C)NC(=O)[C@H](CC2CCCCC2)NC(=O)[C@H](CCN)NC1=O. The third kappa shape index (κ3) is 40.1. The zero-order valence-electron chi connectivity index (χ0n) is 84.7. The van der Waals surface area contributed by atoms with Crippen molar-refractivity contribution in [3.63, 3.8) is 0 Å². The number of aryl methyl sites for hydroxylation is 1.